The van der Waals surface area contributed by atoms with Gasteiger partial charge in [0.05, 0.1) is 45.4 Å². The van der Waals surface area contributed by atoms with Crippen LogP contribution >= 0.6 is 0 Å². The van der Waals surface area contributed by atoms with Crippen molar-refractivity contribution >= 4 is 56.5 Å². The number of ketones is 1. The Morgan fingerprint density at radius 3 is 2.22 bits per heavy atom. The molecule has 0 bridgehead atoms. The van der Waals surface area contributed by atoms with Crippen LogP contribution in [-0.4, -0.2) is 49.0 Å². The lowest BCUT2D eigenvalue weighted by Crippen LogP contribution is -2.51. The minimum Gasteiger partial charge on any atom is -0.494 e. The Hall–Kier alpha value is -6.98. The molecule has 0 saturated carbocycles. The van der Waals surface area contributed by atoms with Gasteiger partial charge >= 0.3 is 0 Å². The quantitative estimate of drug-likeness (QED) is 0.161. The average Bonchev–Trinajstić information content (AvgIpc) is 4.01. The minimum atomic E-state index is -1.11. The van der Waals surface area contributed by atoms with Crippen LogP contribution in [0, 0.1) is 17.8 Å². The molecule has 11 heteroatoms. The number of benzene rings is 5. The number of anilines is 1. The van der Waals surface area contributed by atoms with Gasteiger partial charge in [-0.1, -0.05) is 99.6 Å². The molecule has 4 aliphatic heterocycles. The highest BCUT2D eigenvalue weighted by atomic mass is 16.3. The van der Waals surface area contributed by atoms with E-state index >= 15 is 0 Å². The fourth-order valence-corrected chi connectivity index (χ4v) is 9.59. The van der Waals surface area contributed by atoms with E-state index in [0.29, 0.717) is 57.0 Å². The summed E-state index contributed by atoms with van der Waals surface area (Å²) in [5.41, 5.74) is 5.18. The molecule has 2 unspecified atom stereocenters. The second kappa shape index (κ2) is 13.0. The SMILES string of the molecule is CCc1ccccc1N1C(=O)[C@H]2C(C(C)C)NC3(c4ccccc4-n4c3nc3ccccc3c4=O)[C@H]2C1=O.O=C1C(c2c(O)[nH]c3ccccc23)=Nc2ccccc21. The topological polar surface area (TPSA) is 150 Å². The van der Waals surface area contributed by atoms with E-state index in [9.17, 15) is 24.3 Å². The maximum atomic E-state index is 14.5. The Kier molecular flexibility index (Phi) is 7.96. The summed E-state index contributed by atoms with van der Waals surface area (Å²) in [6.07, 6.45) is 0.703. The Bertz CT molecular complexity index is 3000. The number of nitrogens with one attached hydrogen (secondary N) is 2. The lowest BCUT2D eigenvalue weighted by molar-refractivity contribution is -0.123. The van der Waals surface area contributed by atoms with Crippen LogP contribution in [-0.2, 0) is 21.5 Å². The smallest absolute Gasteiger partial charge is 0.266 e. The van der Waals surface area contributed by atoms with E-state index in [0.717, 1.165) is 22.0 Å². The molecule has 2 amide bonds. The summed E-state index contributed by atoms with van der Waals surface area (Å²) in [5, 5.41) is 15.2. The van der Waals surface area contributed by atoms with Gasteiger partial charge in [-0.3, -0.25) is 29.1 Å². The first-order chi connectivity index (χ1) is 28.1. The monoisotopic (exact) mass is 766 g/mol. The molecule has 5 aromatic carbocycles. The number of aliphatic imine (C=N–C) groups is 1. The number of hydrogen-bond acceptors (Lipinski definition) is 8. The zero-order chi connectivity index (χ0) is 40.0. The van der Waals surface area contributed by atoms with Crippen LogP contribution in [0.5, 0.6) is 5.88 Å². The van der Waals surface area contributed by atoms with Gasteiger partial charge in [0.1, 0.15) is 17.1 Å². The largest absolute Gasteiger partial charge is 0.494 e. The Morgan fingerprint density at radius 2 is 1.45 bits per heavy atom. The van der Waals surface area contributed by atoms with Crippen LogP contribution in [0.2, 0.25) is 0 Å². The van der Waals surface area contributed by atoms with Crippen molar-refractivity contribution in [3.05, 3.63) is 160 Å². The number of amides is 2. The molecule has 4 atom stereocenters. The fourth-order valence-electron chi connectivity index (χ4n) is 9.59. The van der Waals surface area contributed by atoms with E-state index < -0.39 is 17.4 Å². The molecule has 0 aliphatic carbocycles. The zero-order valence-corrected chi connectivity index (χ0v) is 31.9. The third-order valence-electron chi connectivity index (χ3n) is 12.1. The van der Waals surface area contributed by atoms with E-state index in [-0.39, 0.29) is 41.0 Å². The summed E-state index contributed by atoms with van der Waals surface area (Å²) in [4.78, 5) is 68.7. The van der Waals surface area contributed by atoms with Crippen molar-refractivity contribution in [2.75, 3.05) is 4.90 Å². The second-order valence-electron chi connectivity index (χ2n) is 15.5. The van der Waals surface area contributed by atoms with Crippen molar-refractivity contribution in [3.8, 4) is 11.6 Å². The number of aromatic amines is 1. The molecule has 58 heavy (non-hydrogen) atoms. The summed E-state index contributed by atoms with van der Waals surface area (Å²) in [5.74, 6) is -1.40. The van der Waals surface area contributed by atoms with Gasteiger partial charge in [0.15, 0.2) is 5.88 Å². The maximum absolute atomic E-state index is 14.5. The number of carbonyl (C=O) groups is 3. The summed E-state index contributed by atoms with van der Waals surface area (Å²) >= 11 is 0. The standard InChI is InChI=1S/C31H28N4O3.C16H10N2O2/c1-4-18-11-5-9-15-22(18)34-28(37)24-25(29(34)38)31(33-26(24)17(2)3)20-13-7-10-16-23(20)35-27(36)19-12-6-8-14-21(19)32-30(31)35;19-15-10-6-2-4-8-12(10)17-14(15)13-9-5-1-3-7-11(9)18-16(13)20/h5-17,24-26,33H,4H2,1-3H3;1-8,18,20H/t24-,25-,26?,31?;/m1./s1. The summed E-state index contributed by atoms with van der Waals surface area (Å²) in [6, 6.07) is 36.9. The summed E-state index contributed by atoms with van der Waals surface area (Å²) in [6.45, 7) is 6.15. The Morgan fingerprint density at radius 1 is 0.776 bits per heavy atom. The van der Waals surface area contributed by atoms with Crippen LogP contribution in [0.15, 0.2) is 131 Å². The maximum Gasteiger partial charge on any atom is 0.266 e. The molecular weight excluding hydrogens is 729 g/mol. The highest BCUT2D eigenvalue weighted by Gasteiger charge is 2.70. The van der Waals surface area contributed by atoms with Crippen molar-refractivity contribution in [3.63, 3.8) is 0 Å². The molecule has 0 radical (unpaired) electrons. The number of carbonyl (C=O) groups excluding carboxylic acids is 3. The number of hydrogen-bond donors (Lipinski definition) is 3. The Labute approximate surface area is 332 Å². The molecule has 2 aromatic heterocycles. The number of aryl methyl sites for hydroxylation is 1. The number of fused-ring (bicyclic) bond motifs is 10. The van der Waals surface area contributed by atoms with E-state index in [4.69, 9.17) is 4.98 Å². The number of rotatable bonds is 4. The van der Waals surface area contributed by atoms with Crippen LogP contribution in [0.3, 0.4) is 0 Å². The molecule has 7 aromatic rings. The second-order valence-corrected chi connectivity index (χ2v) is 15.5. The van der Waals surface area contributed by atoms with Gasteiger partial charge in [-0.2, -0.15) is 0 Å². The van der Waals surface area contributed by atoms with E-state index in [1.54, 1.807) is 22.8 Å². The summed E-state index contributed by atoms with van der Waals surface area (Å²) in [7, 11) is 0. The highest BCUT2D eigenvalue weighted by molar-refractivity contribution is 6.56. The zero-order valence-electron chi connectivity index (χ0n) is 31.9. The lowest BCUT2D eigenvalue weighted by Gasteiger charge is -2.32. The molecular formula is C47H38N6O5. The highest BCUT2D eigenvalue weighted by Crippen LogP contribution is 2.56. The van der Waals surface area contributed by atoms with E-state index in [1.807, 2.05) is 110 Å². The van der Waals surface area contributed by atoms with Gasteiger partial charge in [0.25, 0.3) is 5.56 Å². The van der Waals surface area contributed by atoms with Crippen LogP contribution in [0.25, 0.3) is 27.5 Å². The van der Waals surface area contributed by atoms with Gasteiger partial charge < -0.3 is 10.1 Å². The molecule has 4 aliphatic rings. The fraction of sp³-hybridized carbons (Fsp3) is 0.191. The van der Waals surface area contributed by atoms with Crippen molar-refractivity contribution in [2.24, 2.45) is 22.7 Å². The molecule has 1 spiro atoms. The molecule has 2 fully saturated rings. The van der Waals surface area contributed by atoms with Gasteiger partial charge in [-0.05, 0) is 60.4 Å². The van der Waals surface area contributed by atoms with E-state index in [2.05, 4.69) is 29.1 Å². The van der Waals surface area contributed by atoms with Crippen molar-refractivity contribution < 1.29 is 19.5 Å². The number of H-pyrrole nitrogens is 1. The number of aromatic hydroxyl groups is 1. The molecule has 2 saturated heterocycles. The van der Waals surface area contributed by atoms with E-state index in [1.165, 1.54) is 4.90 Å². The van der Waals surface area contributed by atoms with Crippen LogP contribution in [0.4, 0.5) is 11.4 Å². The first-order valence-electron chi connectivity index (χ1n) is 19.5. The molecule has 11 rings (SSSR count). The minimum absolute atomic E-state index is 0.0221. The molecule has 286 valence electrons. The number of aromatic nitrogens is 3. The molecule has 6 heterocycles. The number of para-hydroxylation sites is 5. The Balaban J connectivity index is 0.000000171. The lowest BCUT2D eigenvalue weighted by atomic mass is 9.75. The normalized spacial score (nSPS) is 21.4. The average molecular weight is 767 g/mol. The van der Waals surface area contributed by atoms with Crippen LogP contribution < -0.4 is 15.8 Å². The predicted molar refractivity (Wildman–Crippen MR) is 222 cm³/mol. The first-order valence-corrected chi connectivity index (χ1v) is 19.5. The predicted octanol–water partition coefficient (Wildman–Crippen LogP) is 7.13. The number of Topliss-reactive ketones (excluding diaryl/α,β-unsaturated/α-hetero) is 1. The van der Waals surface area contributed by atoms with Crippen molar-refractivity contribution in [2.45, 2.75) is 38.8 Å². The first kappa shape index (κ1) is 35.4. The van der Waals surface area contributed by atoms with Crippen molar-refractivity contribution in [1.82, 2.24) is 19.9 Å². The van der Waals surface area contributed by atoms with Crippen molar-refractivity contribution in [1.29, 1.82) is 0 Å². The van der Waals surface area contributed by atoms with Gasteiger partial charge in [0, 0.05) is 28.1 Å². The van der Waals surface area contributed by atoms with Gasteiger partial charge in [0.2, 0.25) is 17.6 Å². The van der Waals surface area contributed by atoms with Gasteiger partial charge in [-0.25, -0.2) is 14.9 Å². The molecule has 3 N–H and O–H groups in total. The van der Waals surface area contributed by atoms with Gasteiger partial charge in [-0.15, -0.1) is 0 Å². The van der Waals surface area contributed by atoms with Crippen LogP contribution in [0.1, 0.15) is 53.6 Å². The number of imide groups is 1. The number of nitrogens with zero attached hydrogens (tertiary/aromatic N) is 4. The molecule has 11 nitrogen and oxygen atoms in total. The summed E-state index contributed by atoms with van der Waals surface area (Å²) < 4.78 is 1.64. The third-order valence-corrected chi connectivity index (χ3v) is 12.1. The third kappa shape index (κ3) is 4.83.